The average Bonchev–Trinajstić information content (AvgIpc) is 2.55. The van der Waals surface area contributed by atoms with Crippen molar-refractivity contribution in [2.45, 2.75) is 46.7 Å². The van der Waals surface area contributed by atoms with Crippen molar-refractivity contribution in [3.8, 4) is 5.75 Å². The molecule has 0 saturated carbocycles. The predicted octanol–water partition coefficient (Wildman–Crippen LogP) is 3.49. The average molecular weight is 462 g/mol. The van der Waals surface area contributed by atoms with Crippen molar-refractivity contribution in [1.82, 2.24) is 15.5 Å². The Bertz CT molecular complexity index is 493. The van der Waals surface area contributed by atoms with Gasteiger partial charge in [0, 0.05) is 25.7 Å². The molecule has 144 valence electrons. The van der Waals surface area contributed by atoms with Crippen LogP contribution in [0.15, 0.2) is 29.3 Å². The number of rotatable bonds is 8. The predicted molar refractivity (Wildman–Crippen MR) is 118 cm³/mol. The second-order valence-corrected chi connectivity index (χ2v) is 6.82. The Balaban J connectivity index is 0.00000576. The molecule has 5 nitrogen and oxygen atoms in total. The number of guanidine groups is 1. The molecule has 0 aliphatic rings. The maximum absolute atomic E-state index is 5.81. The maximum Gasteiger partial charge on any atom is 0.191 e. The zero-order valence-corrected chi connectivity index (χ0v) is 18.9. The van der Waals surface area contributed by atoms with Crippen LogP contribution in [-0.2, 0) is 6.54 Å². The van der Waals surface area contributed by atoms with E-state index in [0.717, 1.165) is 44.5 Å². The highest BCUT2D eigenvalue weighted by Gasteiger charge is 2.11. The minimum Gasteiger partial charge on any atom is -0.492 e. The molecule has 1 aromatic rings. The monoisotopic (exact) mass is 462 g/mol. The minimum atomic E-state index is -0.00952. The molecular formula is C19H35IN4O. The van der Waals surface area contributed by atoms with Crippen molar-refractivity contribution in [3.63, 3.8) is 0 Å². The zero-order chi connectivity index (χ0) is 18.0. The van der Waals surface area contributed by atoms with Crippen molar-refractivity contribution in [2.75, 3.05) is 33.3 Å². The molecule has 0 aliphatic carbocycles. The van der Waals surface area contributed by atoms with Crippen molar-refractivity contribution in [2.24, 2.45) is 4.99 Å². The molecule has 25 heavy (non-hydrogen) atoms. The number of likely N-dealkylation sites (N-methyl/N-ethyl adjacent to an activating group) is 1. The van der Waals surface area contributed by atoms with Crippen LogP contribution < -0.4 is 15.4 Å². The van der Waals surface area contributed by atoms with Gasteiger partial charge in [-0.1, -0.05) is 26.0 Å². The summed E-state index contributed by atoms with van der Waals surface area (Å²) in [5.74, 6) is 1.73. The topological polar surface area (TPSA) is 48.9 Å². The van der Waals surface area contributed by atoms with Crippen LogP contribution in [0.3, 0.4) is 0 Å². The first-order valence-electron chi connectivity index (χ1n) is 8.80. The van der Waals surface area contributed by atoms with Crippen molar-refractivity contribution in [3.05, 3.63) is 29.8 Å². The van der Waals surface area contributed by atoms with E-state index in [4.69, 9.17) is 4.74 Å². The highest BCUT2D eigenvalue weighted by atomic mass is 127. The van der Waals surface area contributed by atoms with Gasteiger partial charge in [-0.2, -0.15) is 0 Å². The zero-order valence-electron chi connectivity index (χ0n) is 16.6. The number of nitrogens with one attached hydrogen (secondary N) is 2. The third-order valence-corrected chi connectivity index (χ3v) is 3.67. The summed E-state index contributed by atoms with van der Waals surface area (Å²) in [6.07, 6.45) is 0. The number of halogens is 1. The van der Waals surface area contributed by atoms with Crippen LogP contribution >= 0.6 is 24.0 Å². The summed E-state index contributed by atoms with van der Waals surface area (Å²) in [5.41, 5.74) is 1.19. The van der Waals surface area contributed by atoms with Gasteiger partial charge in [0.25, 0.3) is 0 Å². The molecule has 2 N–H and O–H groups in total. The standard InChI is InChI=1S/C19H34N4O.HI/c1-7-23(8-2)13-14-24-17-11-9-16(10-12-17)15-21-18(20-6)22-19(3,4)5;/h9-12H,7-8,13-15H2,1-6H3,(H2,20,21,22);1H. The van der Waals surface area contributed by atoms with E-state index < -0.39 is 0 Å². The van der Waals surface area contributed by atoms with Crippen LogP contribution in [0, 0.1) is 0 Å². The quantitative estimate of drug-likeness (QED) is 0.353. The molecule has 0 fully saturated rings. The van der Waals surface area contributed by atoms with Gasteiger partial charge in [0.1, 0.15) is 12.4 Å². The van der Waals surface area contributed by atoms with Gasteiger partial charge in [0.05, 0.1) is 0 Å². The molecule has 0 radical (unpaired) electrons. The van der Waals surface area contributed by atoms with Gasteiger partial charge < -0.3 is 20.3 Å². The largest absolute Gasteiger partial charge is 0.492 e. The normalized spacial score (nSPS) is 11.9. The van der Waals surface area contributed by atoms with E-state index in [1.807, 2.05) is 12.1 Å². The summed E-state index contributed by atoms with van der Waals surface area (Å²) in [6, 6.07) is 8.23. The lowest BCUT2D eigenvalue weighted by Crippen LogP contribution is -2.47. The molecule has 0 bridgehead atoms. The molecule has 0 heterocycles. The van der Waals surface area contributed by atoms with Gasteiger partial charge in [-0.3, -0.25) is 4.99 Å². The minimum absolute atomic E-state index is 0. The molecule has 0 aromatic heterocycles. The van der Waals surface area contributed by atoms with Gasteiger partial charge in [-0.15, -0.1) is 24.0 Å². The lowest BCUT2D eigenvalue weighted by Gasteiger charge is -2.23. The number of benzene rings is 1. The van der Waals surface area contributed by atoms with Crippen LogP contribution in [0.25, 0.3) is 0 Å². The van der Waals surface area contributed by atoms with E-state index >= 15 is 0 Å². The molecular weight excluding hydrogens is 427 g/mol. The molecule has 0 atom stereocenters. The Kier molecular flexibility index (Phi) is 11.8. The lowest BCUT2D eigenvalue weighted by molar-refractivity contribution is 0.223. The maximum atomic E-state index is 5.81. The van der Waals surface area contributed by atoms with Crippen molar-refractivity contribution >= 4 is 29.9 Å². The molecule has 1 aromatic carbocycles. The highest BCUT2D eigenvalue weighted by Crippen LogP contribution is 2.12. The van der Waals surface area contributed by atoms with E-state index in [1.165, 1.54) is 5.56 Å². The van der Waals surface area contributed by atoms with Gasteiger partial charge in [0.2, 0.25) is 0 Å². The molecule has 0 unspecified atom stereocenters. The van der Waals surface area contributed by atoms with Crippen LogP contribution in [0.2, 0.25) is 0 Å². The Labute approximate surface area is 170 Å². The van der Waals surface area contributed by atoms with E-state index in [0.29, 0.717) is 0 Å². The van der Waals surface area contributed by atoms with Crippen molar-refractivity contribution < 1.29 is 4.74 Å². The van der Waals surface area contributed by atoms with E-state index in [1.54, 1.807) is 7.05 Å². The van der Waals surface area contributed by atoms with Crippen LogP contribution in [-0.4, -0.2) is 49.7 Å². The first-order valence-corrected chi connectivity index (χ1v) is 8.80. The first-order chi connectivity index (χ1) is 11.4. The Morgan fingerprint density at radius 3 is 2.20 bits per heavy atom. The summed E-state index contributed by atoms with van der Waals surface area (Å²) in [5, 5.41) is 6.67. The molecule has 1 rings (SSSR count). The summed E-state index contributed by atoms with van der Waals surface area (Å²) in [4.78, 5) is 6.60. The summed E-state index contributed by atoms with van der Waals surface area (Å²) < 4.78 is 5.81. The summed E-state index contributed by atoms with van der Waals surface area (Å²) >= 11 is 0. The van der Waals surface area contributed by atoms with Crippen LogP contribution in [0.4, 0.5) is 0 Å². The number of hydrogen-bond donors (Lipinski definition) is 2. The Morgan fingerprint density at radius 2 is 1.72 bits per heavy atom. The smallest absolute Gasteiger partial charge is 0.191 e. The Hall–Kier alpha value is -1.02. The highest BCUT2D eigenvalue weighted by molar-refractivity contribution is 14.0. The fourth-order valence-electron chi connectivity index (χ4n) is 2.26. The first kappa shape index (κ1) is 24.0. The SMILES string of the molecule is CCN(CC)CCOc1ccc(CNC(=NC)NC(C)(C)C)cc1.I. The number of hydrogen-bond acceptors (Lipinski definition) is 3. The third-order valence-electron chi connectivity index (χ3n) is 3.67. The van der Waals surface area contributed by atoms with Gasteiger partial charge in [0.15, 0.2) is 5.96 Å². The second-order valence-electron chi connectivity index (χ2n) is 6.82. The van der Waals surface area contributed by atoms with Crippen LogP contribution in [0.5, 0.6) is 5.75 Å². The summed E-state index contributed by atoms with van der Waals surface area (Å²) in [7, 11) is 1.79. The second kappa shape index (κ2) is 12.4. The number of nitrogens with zero attached hydrogens (tertiary/aromatic N) is 2. The van der Waals surface area contributed by atoms with Crippen LogP contribution in [0.1, 0.15) is 40.2 Å². The molecule has 0 saturated heterocycles. The van der Waals surface area contributed by atoms with E-state index in [9.17, 15) is 0 Å². The van der Waals surface area contributed by atoms with E-state index in [2.05, 4.69) is 67.3 Å². The number of aliphatic imine (C=N–C) groups is 1. The molecule has 0 spiro atoms. The third kappa shape index (κ3) is 10.5. The fourth-order valence-corrected chi connectivity index (χ4v) is 2.26. The molecule has 0 amide bonds. The van der Waals surface area contributed by atoms with Gasteiger partial charge >= 0.3 is 0 Å². The van der Waals surface area contributed by atoms with Gasteiger partial charge in [-0.25, -0.2) is 0 Å². The van der Waals surface area contributed by atoms with Gasteiger partial charge in [-0.05, 0) is 51.6 Å². The lowest BCUT2D eigenvalue weighted by atomic mass is 10.1. The Morgan fingerprint density at radius 1 is 1.12 bits per heavy atom. The molecule has 6 heteroatoms. The summed E-state index contributed by atoms with van der Waals surface area (Å²) in [6.45, 7) is 15.2. The number of ether oxygens (including phenoxy) is 1. The fraction of sp³-hybridized carbons (Fsp3) is 0.632. The van der Waals surface area contributed by atoms with Crippen molar-refractivity contribution in [1.29, 1.82) is 0 Å². The molecule has 0 aliphatic heterocycles. The van der Waals surface area contributed by atoms with E-state index in [-0.39, 0.29) is 29.5 Å².